The first kappa shape index (κ1) is 16.2. The summed E-state index contributed by atoms with van der Waals surface area (Å²) in [7, 11) is -3.21. The molecule has 0 unspecified atom stereocenters. The maximum Gasteiger partial charge on any atom is 0.272 e. The molecule has 4 heterocycles. The van der Waals surface area contributed by atoms with Crippen LogP contribution in [0.5, 0.6) is 0 Å². The number of pyridine rings is 1. The molecule has 2 fully saturated rings. The van der Waals surface area contributed by atoms with E-state index in [1.54, 1.807) is 29.3 Å². The Bertz CT molecular complexity index is 855. The lowest BCUT2D eigenvalue weighted by atomic mass is 10.0. The SMILES string of the molecule is O=C(c1ccccn1)N1CCN(Cc2ncon2)[C@H]2CS(=O)(=O)C[C@H]21. The molecule has 0 N–H and O–H groups in total. The van der Waals surface area contributed by atoms with Crippen molar-refractivity contribution >= 4 is 15.7 Å². The highest BCUT2D eigenvalue weighted by atomic mass is 32.2. The van der Waals surface area contributed by atoms with Crippen LogP contribution in [0.2, 0.25) is 0 Å². The summed E-state index contributed by atoms with van der Waals surface area (Å²) in [5.74, 6) is 0.278. The van der Waals surface area contributed by atoms with E-state index in [2.05, 4.69) is 15.1 Å². The normalized spacial score (nSPS) is 25.7. The Hall–Kier alpha value is -2.33. The number of piperazine rings is 1. The van der Waals surface area contributed by atoms with Crippen molar-refractivity contribution in [1.82, 2.24) is 24.9 Å². The van der Waals surface area contributed by atoms with Gasteiger partial charge in [-0.15, -0.1) is 0 Å². The molecule has 2 aromatic heterocycles. The third-order valence-corrected chi connectivity index (χ3v) is 6.39. The molecule has 10 heteroatoms. The summed E-state index contributed by atoms with van der Waals surface area (Å²) in [6, 6.07) is 4.47. The predicted octanol–water partition coefficient (Wildman–Crippen LogP) is -0.412. The molecule has 2 aromatic rings. The summed E-state index contributed by atoms with van der Waals surface area (Å²) in [6.07, 6.45) is 2.81. The van der Waals surface area contributed by atoms with Gasteiger partial charge in [-0.25, -0.2) is 8.42 Å². The van der Waals surface area contributed by atoms with Gasteiger partial charge < -0.3 is 9.42 Å². The minimum atomic E-state index is -3.21. The predicted molar refractivity (Wildman–Crippen MR) is 86.2 cm³/mol. The number of fused-ring (bicyclic) bond motifs is 1. The van der Waals surface area contributed by atoms with E-state index in [1.165, 1.54) is 6.39 Å². The van der Waals surface area contributed by atoms with Crippen molar-refractivity contribution in [3.63, 3.8) is 0 Å². The summed E-state index contributed by atoms with van der Waals surface area (Å²) in [5.41, 5.74) is 0.331. The van der Waals surface area contributed by atoms with E-state index in [4.69, 9.17) is 4.52 Å². The zero-order valence-electron chi connectivity index (χ0n) is 13.4. The van der Waals surface area contributed by atoms with Gasteiger partial charge in [0.05, 0.1) is 24.1 Å². The number of hydrogen-bond acceptors (Lipinski definition) is 8. The molecule has 2 atom stereocenters. The second kappa shape index (κ2) is 6.19. The number of carbonyl (C=O) groups excluding carboxylic acids is 1. The van der Waals surface area contributed by atoms with Crippen LogP contribution in [0.3, 0.4) is 0 Å². The Morgan fingerprint density at radius 1 is 1.20 bits per heavy atom. The molecule has 0 radical (unpaired) electrons. The quantitative estimate of drug-likeness (QED) is 0.724. The zero-order valence-corrected chi connectivity index (χ0v) is 14.2. The van der Waals surface area contributed by atoms with Gasteiger partial charge in [0.15, 0.2) is 15.7 Å². The Balaban J connectivity index is 1.59. The summed E-state index contributed by atoms with van der Waals surface area (Å²) >= 11 is 0. The first-order valence-corrected chi connectivity index (χ1v) is 9.77. The van der Waals surface area contributed by atoms with Gasteiger partial charge >= 0.3 is 0 Å². The van der Waals surface area contributed by atoms with Crippen molar-refractivity contribution in [3.05, 3.63) is 42.3 Å². The van der Waals surface area contributed by atoms with E-state index in [1.807, 2.05) is 4.90 Å². The molecule has 9 nitrogen and oxygen atoms in total. The second-order valence-electron chi connectivity index (χ2n) is 6.24. The summed E-state index contributed by atoms with van der Waals surface area (Å²) < 4.78 is 29.2. The van der Waals surface area contributed by atoms with E-state index in [0.717, 1.165) is 0 Å². The smallest absolute Gasteiger partial charge is 0.272 e. The third kappa shape index (κ3) is 3.14. The molecule has 2 saturated heterocycles. The average Bonchev–Trinajstić information content (AvgIpc) is 3.22. The largest absolute Gasteiger partial charge is 0.343 e. The molecule has 4 rings (SSSR count). The zero-order chi connectivity index (χ0) is 17.4. The molecule has 2 aliphatic heterocycles. The number of carbonyl (C=O) groups is 1. The molecule has 2 aliphatic rings. The van der Waals surface area contributed by atoms with Crippen LogP contribution in [0.15, 0.2) is 35.3 Å². The Labute approximate surface area is 144 Å². The van der Waals surface area contributed by atoms with Crippen LogP contribution in [0.4, 0.5) is 0 Å². The monoisotopic (exact) mass is 363 g/mol. The highest BCUT2D eigenvalue weighted by molar-refractivity contribution is 7.91. The van der Waals surface area contributed by atoms with Gasteiger partial charge in [0.25, 0.3) is 5.91 Å². The fourth-order valence-electron chi connectivity index (χ4n) is 3.55. The minimum Gasteiger partial charge on any atom is -0.343 e. The van der Waals surface area contributed by atoms with Crippen LogP contribution in [-0.4, -0.2) is 75.9 Å². The highest BCUT2D eigenvalue weighted by Crippen LogP contribution is 2.28. The minimum absolute atomic E-state index is 0.0288. The fourth-order valence-corrected chi connectivity index (χ4v) is 5.57. The van der Waals surface area contributed by atoms with Crippen LogP contribution in [0.25, 0.3) is 0 Å². The topological polar surface area (TPSA) is 110 Å². The Morgan fingerprint density at radius 3 is 2.76 bits per heavy atom. The molecule has 0 saturated carbocycles. The van der Waals surface area contributed by atoms with Crippen LogP contribution < -0.4 is 0 Å². The molecule has 25 heavy (non-hydrogen) atoms. The maximum atomic E-state index is 12.8. The number of aromatic nitrogens is 3. The van der Waals surface area contributed by atoms with E-state index < -0.39 is 9.84 Å². The lowest BCUT2D eigenvalue weighted by Crippen LogP contribution is -2.60. The van der Waals surface area contributed by atoms with Crippen molar-refractivity contribution in [2.45, 2.75) is 18.6 Å². The number of nitrogens with zero attached hydrogens (tertiary/aromatic N) is 5. The number of sulfone groups is 1. The van der Waals surface area contributed by atoms with Gasteiger partial charge in [-0.3, -0.25) is 14.7 Å². The maximum absolute atomic E-state index is 12.8. The standard InChI is InChI=1S/C15H17N5O4S/c21-15(11-3-1-2-4-16-11)20-6-5-19(7-14-17-10-24-18-14)12-8-25(22,23)9-13(12)20/h1-4,10,12-13H,5-9H2/t12-,13+/m0/s1. The van der Waals surface area contributed by atoms with Gasteiger partial charge in [-0.2, -0.15) is 4.98 Å². The van der Waals surface area contributed by atoms with Gasteiger partial charge in [0.1, 0.15) is 5.69 Å². The van der Waals surface area contributed by atoms with Crippen molar-refractivity contribution in [2.75, 3.05) is 24.6 Å². The third-order valence-electron chi connectivity index (χ3n) is 4.69. The molecular formula is C15H17N5O4S. The van der Waals surface area contributed by atoms with Crippen LogP contribution in [0.1, 0.15) is 16.3 Å². The Morgan fingerprint density at radius 2 is 2.04 bits per heavy atom. The second-order valence-corrected chi connectivity index (χ2v) is 8.40. The average molecular weight is 363 g/mol. The molecular weight excluding hydrogens is 346 g/mol. The Kier molecular flexibility index (Phi) is 4.00. The summed E-state index contributed by atoms with van der Waals surface area (Å²) in [4.78, 5) is 24.5. The van der Waals surface area contributed by atoms with E-state index in [-0.39, 0.29) is 29.5 Å². The van der Waals surface area contributed by atoms with E-state index in [0.29, 0.717) is 31.2 Å². The van der Waals surface area contributed by atoms with E-state index >= 15 is 0 Å². The van der Waals surface area contributed by atoms with Crippen LogP contribution in [0, 0.1) is 0 Å². The van der Waals surface area contributed by atoms with Crippen molar-refractivity contribution in [2.24, 2.45) is 0 Å². The van der Waals surface area contributed by atoms with E-state index in [9.17, 15) is 13.2 Å². The molecule has 0 bridgehead atoms. The number of amides is 1. The molecule has 132 valence electrons. The lowest BCUT2D eigenvalue weighted by molar-refractivity contribution is 0.0291. The van der Waals surface area contributed by atoms with Crippen molar-refractivity contribution in [1.29, 1.82) is 0 Å². The van der Waals surface area contributed by atoms with Crippen molar-refractivity contribution in [3.8, 4) is 0 Å². The van der Waals surface area contributed by atoms with Gasteiger partial charge in [-0.05, 0) is 12.1 Å². The van der Waals surface area contributed by atoms with Gasteiger partial charge in [-0.1, -0.05) is 11.2 Å². The molecule has 0 aliphatic carbocycles. The summed E-state index contributed by atoms with van der Waals surface area (Å²) in [6.45, 7) is 1.38. The molecule has 0 spiro atoms. The first-order valence-electron chi connectivity index (χ1n) is 7.95. The highest BCUT2D eigenvalue weighted by Gasteiger charge is 2.48. The van der Waals surface area contributed by atoms with Crippen molar-refractivity contribution < 1.29 is 17.7 Å². The lowest BCUT2D eigenvalue weighted by Gasteiger charge is -2.43. The van der Waals surface area contributed by atoms with Crippen LogP contribution in [-0.2, 0) is 16.4 Å². The van der Waals surface area contributed by atoms with Crippen LogP contribution >= 0.6 is 0 Å². The first-order chi connectivity index (χ1) is 12.0. The number of rotatable bonds is 3. The summed E-state index contributed by atoms with van der Waals surface area (Å²) in [5, 5.41) is 3.79. The van der Waals surface area contributed by atoms with Gasteiger partial charge in [0, 0.05) is 25.3 Å². The molecule has 1 amide bonds. The van der Waals surface area contributed by atoms with Gasteiger partial charge in [0.2, 0.25) is 6.39 Å². The fraction of sp³-hybridized carbons (Fsp3) is 0.467. The number of hydrogen-bond donors (Lipinski definition) is 0. The molecule has 0 aromatic carbocycles.